The largest absolute Gasteiger partial charge is 0.394 e. The molecular weight excluding hydrogens is 308 g/mol. The van der Waals surface area contributed by atoms with Crippen LogP contribution >= 0.6 is 23.4 Å². The molecule has 5 nitrogen and oxygen atoms in total. The van der Waals surface area contributed by atoms with E-state index in [2.05, 4.69) is 15.3 Å². The Hall–Kier alpha value is -1.50. The van der Waals surface area contributed by atoms with Gasteiger partial charge in [-0.15, -0.1) is 0 Å². The van der Waals surface area contributed by atoms with Gasteiger partial charge in [-0.05, 0) is 30.7 Å². The number of aromatic nitrogens is 2. The average Bonchev–Trinajstić information content (AvgIpc) is 2.49. The van der Waals surface area contributed by atoms with Crippen molar-refractivity contribution in [3.8, 4) is 0 Å². The Morgan fingerprint density at radius 2 is 2.05 bits per heavy atom. The number of nitrogens with one attached hydrogen (secondary N) is 1. The lowest BCUT2D eigenvalue weighted by Crippen LogP contribution is -2.09. The van der Waals surface area contributed by atoms with E-state index in [-0.39, 0.29) is 0 Å². The topological polar surface area (TPSA) is 73.1 Å². The first kappa shape index (κ1) is 15.9. The Bertz CT molecular complexity index is 580. The smallest absolute Gasteiger partial charge is 0.153 e. The summed E-state index contributed by atoms with van der Waals surface area (Å²) in [6, 6.07) is 7.54. The second kappa shape index (κ2) is 8.07. The zero-order valence-corrected chi connectivity index (χ0v) is 13.2. The van der Waals surface area contributed by atoms with Crippen LogP contribution in [0.15, 0.2) is 40.5 Å². The van der Waals surface area contributed by atoms with E-state index in [1.807, 2.05) is 24.3 Å². The predicted molar refractivity (Wildman–Crippen MR) is 87.0 cm³/mol. The highest BCUT2D eigenvalue weighted by Crippen LogP contribution is 2.33. The summed E-state index contributed by atoms with van der Waals surface area (Å²) in [4.78, 5) is 9.42. The van der Waals surface area contributed by atoms with E-state index in [0.29, 0.717) is 23.1 Å². The van der Waals surface area contributed by atoms with Crippen molar-refractivity contribution in [2.24, 2.45) is 0 Å². The van der Waals surface area contributed by atoms with Crippen molar-refractivity contribution in [1.29, 1.82) is 0 Å². The highest BCUT2D eigenvalue weighted by molar-refractivity contribution is 7.99. The van der Waals surface area contributed by atoms with E-state index in [1.165, 1.54) is 18.1 Å². The standard InChI is InChI=1S/C14H17ClN4OS/c1-20-8-2-7-17-13-12(16)14(19-9-18-13)21-11-5-3-10(15)4-6-11/h3-6,9H,2,7-8,16H2,1H3,(H,17,18,19). The molecule has 0 aliphatic rings. The Morgan fingerprint density at radius 1 is 1.29 bits per heavy atom. The normalized spacial score (nSPS) is 10.6. The third-order valence-electron chi connectivity index (χ3n) is 2.69. The average molecular weight is 325 g/mol. The third-order valence-corrected chi connectivity index (χ3v) is 3.97. The van der Waals surface area contributed by atoms with Crippen molar-refractivity contribution in [3.63, 3.8) is 0 Å². The van der Waals surface area contributed by atoms with Crippen LogP contribution in [0.2, 0.25) is 5.02 Å². The number of hydrogen-bond acceptors (Lipinski definition) is 6. The molecule has 0 bridgehead atoms. The molecule has 1 aromatic heterocycles. The fraction of sp³-hybridized carbons (Fsp3) is 0.286. The molecular formula is C14H17ClN4OS. The number of nitrogen functional groups attached to an aromatic ring is 1. The van der Waals surface area contributed by atoms with Crippen LogP contribution in [0.5, 0.6) is 0 Å². The van der Waals surface area contributed by atoms with Gasteiger partial charge in [0, 0.05) is 30.2 Å². The van der Waals surface area contributed by atoms with Crippen LogP contribution in [0.4, 0.5) is 11.5 Å². The Kier molecular flexibility index (Phi) is 6.10. The number of methoxy groups -OCH3 is 1. The molecule has 2 rings (SSSR count). The molecule has 21 heavy (non-hydrogen) atoms. The Balaban J connectivity index is 2.04. The summed E-state index contributed by atoms with van der Waals surface area (Å²) < 4.78 is 5.00. The summed E-state index contributed by atoms with van der Waals surface area (Å²) in [7, 11) is 1.68. The van der Waals surface area contributed by atoms with Gasteiger partial charge in [0.15, 0.2) is 5.82 Å². The second-order valence-electron chi connectivity index (χ2n) is 4.27. The summed E-state index contributed by atoms with van der Waals surface area (Å²) in [5.41, 5.74) is 6.66. The molecule has 0 spiro atoms. The lowest BCUT2D eigenvalue weighted by atomic mass is 10.4. The number of nitrogens with two attached hydrogens (primary N) is 1. The molecule has 0 unspecified atom stereocenters. The fourth-order valence-corrected chi connectivity index (χ4v) is 2.57. The van der Waals surface area contributed by atoms with Gasteiger partial charge in [-0.1, -0.05) is 23.4 Å². The summed E-state index contributed by atoms with van der Waals surface area (Å²) in [6.45, 7) is 1.45. The molecule has 0 aliphatic carbocycles. The predicted octanol–water partition coefficient (Wildman–Crippen LogP) is 3.31. The zero-order chi connectivity index (χ0) is 15.1. The van der Waals surface area contributed by atoms with Crippen molar-refractivity contribution >= 4 is 34.9 Å². The first-order valence-electron chi connectivity index (χ1n) is 6.47. The highest BCUT2D eigenvalue weighted by Gasteiger charge is 2.09. The van der Waals surface area contributed by atoms with Gasteiger partial charge in [-0.25, -0.2) is 9.97 Å². The van der Waals surface area contributed by atoms with E-state index >= 15 is 0 Å². The minimum Gasteiger partial charge on any atom is -0.394 e. The molecule has 1 aromatic carbocycles. The SMILES string of the molecule is COCCCNc1ncnc(Sc2ccc(Cl)cc2)c1N. The number of hydrogen-bond donors (Lipinski definition) is 2. The maximum Gasteiger partial charge on any atom is 0.153 e. The first-order valence-corrected chi connectivity index (χ1v) is 7.67. The van der Waals surface area contributed by atoms with E-state index in [0.717, 1.165) is 22.9 Å². The Morgan fingerprint density at radius 3 is 2.76 bits per heavy atom. The van der Waals surface area contributed by atoms with Crippen molar-refractivity contribution in [2.75, 3.05) is 31.3 Å². The van der Waals surface area contributed by atoms with Crippen LogP contribution < -0.4 is 11.1 Å². The number of halogens is 1. The van der Waals surface area contributed by atoms with Crippen molar-refractivity contribution in [3.05, 3.63) is 35.6 Å². The molecule has 112 valence electrons. The van der Waals surface area contributed by atoms with Gasteiger partial charge >= 0.3 is 0 Å². The summed E-state index contributed by atoms with van der Waals surface area (Å²) in [6.07, 6.45) is 2.40. The molecule has 0 saturated heterocycles. The van der Waals surface area contributed by atoms with Gasteiger partial charge in [0.2, 0.25) is 0 Å². The monoisotopic (exact) mass is 324 g/mol. The van der Waals surface area contributed by atoms with Crippen LogP contribution in [-0.4, -0.2) is 30.2 Å². The molecule has 7 heteroatoms. The van der Waals surface area contributed by atoms with Gasteiger partial charge in [-0.2, -0.15) is 0 Å². The quantitative estimate of drug-likeness (QED) is 0.601. The van der Waals surface area contributed by atoms with E-state index in [4.69, 9.17) is 22.1 Å². The van der Waals surface area contributed by atoms with Gasteiger partial charge in [-0.3, -0.25) is 0 Å². The maximum absolute atomic E-state index is 6.11. The molecule has 0 atom stereocenters. The van der Waals surface area contributed by atoms with Gasteiger partial charge < -0.3 is 15.8 Å². The van der Waals surface area contributed by atoms with Crippen LogP contribution in [0.25, 0.3) is 0 Å². The van der Waals surface area contributed by atoms with E-state index < -0.39 is 0 Å². The molecule has 2 aromatic rings. The third kappa shape index (κ3) is 4.77. The minimum atomic E-state index is 0.551. The lowest BCUT2D eigenvalue weighted by Gasteiger charge is -2.10. The fourth-order valence-electron chi connectivity index (χ4n) is 1.64. The summed E-state index contributed by atoms with van der Waals surface area (Å²) in [5.74, 6) is 0.651. The number of rotatable bonds is 7. The molecule has 0 aliphatic heterocycles. The second-order valence-corrected chi connectivity index (χ2v) is 5.77. The van der Waals surface area contributed by atoms with Crippen molar-refractivity contribution in [1.82, 2.24) is 9.97 Å². The number of anilines is 2. The van der Waals surface area contributed by atoms with Gasteiger partial charge in [0.05, 0.1) is 0 Å². The number of benzene rings is 1. The number of nitrogens with zero attached hydrogens (tertiary/aromatic N) is 2. The Labute approximate surface area is 133 Å². The number of ether oxygens (including phenoxy) is 1. The lowest BCUT2D eigenvalue weighted by molar-refractivity contribution is 0.198. The highest BCUT2D eigenvalue weighted by atomic mass is 35.5. The van der Waals surface area contributed by atoms with Gasteiger partial charge in [0.25, 0.3) is 0 Å². The molecule has 0 amide bonds. The summed E-state index contributed by atoms with van der Waals surface area (Å²) in [5, 5.41) is 4.62. The van der Waals surface area contributed by atoms with Gasteiger partial charge in [0.1, 0.15) is 17.0 Å². The van der Waals surface area contributed by atoms with Crippen LogP contribution in [0.1, 0.15) is 6.42 Å². The molecule has 0 saturated carbocycles. The van der Waals surface area contributed by atoms with Crippen LogP contribution in [0, 0.1) is 0 Å². The molecule has 0 fully saturated rings. The maximum atomic E-state index is 6.11. The van der Waals surface area contributed by atoms with Crippen molar-refractivity contribution in [2.45, 2.75) is 16.3 Å². The zero-order valence-electron chi connectivity index (χ0n) is 11.7. The van der Waals surface area contributed by atoms with Crippen molar-refractivity contribution < 1.29 is 4.74 Å². The summed E-state index contributed by atoms with van der Waals surface area (Å²) >= 11 is 7.36. The van der Waals surface area contributed by atoms with Crippen LogP contribution in [0.3, 0.4) is 0 Å². The molecule has 0 radical (unpaired) electrons. The van der Waals surface area contributed by atoms with E-state index in [1.54, 1.807) is 7.11 Å². The minimum absolute atomic E-state index is 0.551. The van der Waals surface area contributed by atoms with E-state index in [9.17, 15) is 0 Å². The molecule has 1 heterocycles. The van der Waals surface area contributed by atoms with Crippen LogP contribution in [-0.2, 0) is 4.74 Å². The molecule has 3 N–H and O–H groups in total. The first-order chi connectivity index (χ1) is 10.2.